The van der Waals surface area contributed by atoms with Crippen LogP contribution in [0.4, 0.5) is 5.69 Å². The van der Waals surface area contributed by atoms with Crippen LogP contribution >= 0.6 is 0 Å². The smallest absolute Gasteiger partial charge is 0.236 e. The third-order valence-corrected chi connectivity index (χ3v) is 5.51. The van der Waals surface area contributed by atoms with Gasteiger partial charge in [0.25, 0.3) is 0 Å². The Morgan fingerprint density at radius 2 is 1.62 bits per heavy atom. The van der Waals surface area contributed by atoms with Crippen molar-refractivity contribution in [2.45, 2.75) is 11.7 Å². The molecule has 21 heavy (non-hydrogen) atoms. The fraction of sp³-hybridized carbons (Fsp3) is 0.250. The first-order valence-electron chi connectivity index (χ1n) is 7.03. The molecule has 110 valence electrons. The molecule has 0 radical (unpaired) electrons. The molecule has 0 saturated carbocycles. The van der Waals surface area contributed by atoms with Crippen molar-refractivity contribution in [2.75, 3.05) is 17.8 Å². The van der Waals surface area contributed by atoms with E-state index in [0.29, 0.717) is 18.7 Å². The van der Waals surface area contributed by atoms with Gasteiger partial charge in [-0.2, -0.15) is 0 Å². The molecule has 0 aliphatic carbocycles. The molecule has 0 spiro atoms. The first-order valence-corrected chi connectivity index (χ1v) is 8.58. The van der Waals surface area contributed by atoms with Crippen molar-refractivity contribution in [3.63, 3.8) is 0 Å². The Labute approximate surface area is 125 Å². The molecule has 2 aromatic rings. The first-order chi connectivity index (χ1) is 10.1. The number of anilines is 1. The fourth-order valence-corrected chi connectivity index (χ4v) is 3.90. The highest BCUT2D eigenvalue weighted by Crippen LogP contribution is 2.22. The lowest BCUT2D eigenvalue weighted by Crippen LogP contribution is -2.29. The SMILES string of the molecule is O=S(=O)(Nc1ccc(-c2ccccc2)cc1)C1CCNC1. The molecule has 3 rings (SSSR count). The molecule has 2 N–H and O–H groups in total. The maximum absolute atomic E-state index is 12.2. The fourth-order valence-electron chi connectivity index (χ4n) is 2.50. The van der Waals surface area contributed by atoms with Crippen molar-refractivity contribution in [2.24, 2.45) is 0 Å². The highest BCUT2D eigenvalue weighted by atomic mass is 32.2. The second kappa shape index (κ2) is 5.87. The first kappa shape index (κ1) is 14.1. The molecule has 0 amide bonds. The normalized spacial score (nSPS) is 18.6. The van der Waals surface area contributed by atoms with Crippen molar-refractivity contribution in [3.05, 3.63) is 54.6 Å². The summed E-state index contributed by atoms with van der Waals surface area (Å²) in [5.74, 6) is 0. The predicted octanol–water partition coefficient (Wildman–Crippen LogP) is 2.46. The third kappa shape index (κ3) is 3.25. The zero-order valence-corrected chi connectivity index (χ0v) is 12.4. The summed E-state index contributed by atoms with van der Waals surface area (Å²) in [6, 6.07) is 17.5. The summed E-state index contributed by atoms with van der Waals surface area (Å²) < 4.78 is 27.1. The van der Waals surface area contributed by atoms with E-state index in [1.165, 1.54) is 0 Å². The van der Waals surface area contributed by atoms with Crippen LogP contribution in [-0.4, -0.2) is 26.8 Å². The topological polar surface area (TPSA) is 58.2 Å². The average molecular weight is 302 g/mol. The van der Waals surface area contributed by atoms with E-state index in [1.54, 1.807) is 0 Å². The Bertz CT molecular complexity index is 691. The third-order valence-electron chi connectivity index (χ3n) is 3.71. The van der Waals surface area contributed by atoms with Gasteiger partial charge < -0.3 is 5.32 Å². The predicted molar refractivity (Wildman–Crippen MR) is 85.7 cm³/mol. The maximum atomic E-state index is 12.2. The van der Waals surface area contributed by atoms with Crippen LogP contribution in [0.1, 0.15) is 6.42 Å². The molecular weight excluding hydrogens is 284 g/mol. The summed E-state index contributed by atoms with van der Waals surface area (Å²) in [7, 11) is -3.30. The van der Waals surface area contributed by atoms with Crippen LogP contribution in [0.2, 0.25) is 0 Å². The van der Waals surface area contributed by atoms with Crippen LogP contribution in [0.3, 0.4) is 0 Å². The Morgan fingerprint density at radius 1 is 0.952 bits per heavy atom. The van der Waals surface area contributed by atoms with Gasteiger partial charge in [0.2, 0.25) is 10.0 Å². The Hall–Kier alpha value is -1.85. The number of sulfonamides is 1. The van der Waals surface area contributed by atoms with Crippen molar-refractivity contribution in [1.29, 1.82) is 0 Å². The molecule has 4 nitrogen and oxygen atoms in total. The summed E-state index contributed by atoms with van der Waals surface area (Å²) >= 11 is 0. The molecule has 0 aromatic heterocycles. The van der Waals surface area contributed by atoms with Gasteiger partial charge in [-0.15, -0.1) is 0 Å². The van der Waals surface area contributed by atoms with Crippen LogP contribution in [0.5, 0.6) is 0 Å². The minimum Gasteiger partial charge on any atom is -0.315 e. The highest BCUT2D eigenvalue weighted by molar-refractivity contribution is 7.93. The van der Waals surface area contributed by atoms with Crippen LogP contribution in [0.15, 0.2) is 54.6 Å². The van der Waals surface area contributed by atoms with Crippen LogP contribution < -0.4 is 10.0 Å². The molecule has 1 saturated heterocycles. The summed E-state index contributed by atoms with van der Waals surface area (Å²) in [4.78, 5) is 0. The molecule has 5 heteroatoms. The van der Waals surface area contributed by atoms with Gasteiger partial charge in [0.05, 0.1) is 5.25 Å². The van der Waals surface area contributed by atoms with Gasteiger partial charge in [-0.3, -0.25) is 4.72 Å². The monoisotopic (exact) mass is 302 g/mol. The molecule has 2 aromatic carbocycles. The van der Waals surface area contributed by atoms with E-state index in [-0.39, 0.29) is 5.25 Å². The molecule has 1 aliphatic heterocycles. The van der Waals surface area contributed by atoms with Crippen LogP contribution in [0, 0.1) is 0 Å². The van der Waals surface area contributed by atoms with Gasteiger partial charge in [-0.25, -0.2) is 8.42 Å². The molecule has 1 atom stereocenters. The molecule has 1 aliphatic rings. The molecule has 0 bridgehead atoms. The van der Waals surface area contributed by atoms with E-state index in [1.807, 2.05) is 54.6 Å². The van der Waals surface area contributed by atoms with E-state index in [2.05, 4.69) is 10.0 Å². The van der Waals surface area contributed by atoms with Gasteiger partial charge >= 0.3 is 0 Å². The minimum atomic E-state index is -3.30. The van der Waals surface area contributed by atoms with Gasteiger partial charge in [0, 0.05) is 12.2 Å². The second-order valence-corrected chi connectivity index (χ2v) is 7.17. The minimum absolute atomic E-state index is 0.341. The quantitative estimate of drug-likeness (QED) is 0.912. The van der Waals surface area contributed by atoms with Crippen molar-refractivity contribution in [1.82, 2.24) is 5.32 Å². The highest BCUT2D eigenvalue weighted by Gasteiger charge is 2.28. The second-order valence-electron chi connectivity index (χ2n) is 5.21. The summed E-state index contributed by atoms with van der Waals surface area (Å²) in [6.45, 7) is 1.29. The molecule has 1 heterocycles. The number of rotatable bonds is 4. The summed E-state index contributed by atoms with van der Waals surface area (Å²) in [5.41, 5.74) is 2.80. The number of benzene rings is 2. The Balaban J connectivity index is 1.76. The van der Waals surface area contributed by atoms with Crippen LogP contribution in [-0.2, 0) is 10.0 Å². The summed E-state index contributed by atoms with van der Waals surface area (Å²) in [6.07, 6.45) is 0.664. The van der Waals surface area contributed by atoms with E-state index in [4.69, 9.17) is 0 Å². The van der Waals surface area contributed by atoms with Crippen molar-refractivity contribution >= 4 is 15.7 Å². The number of hydrogen-bond donors (Lipinski definition) is 2. The van der Waals surface area contributed by atoms with E-state index in [9.17, 15) is 8.42 Å². The molecular formula is C16H18N2O2S. The van der Waals surface area contributed by atoms with Crippen molar-refractivity contribution < 1.29 is 8.42 Å². The average Bonchev–Trinajstić information content (AvgIpc) is 3.04. The van der Waals surface area contributed by atoms with E-state index >= 15 is 0 Å². The van der Waals surface area contributed by atoms with E-state index in [0.717, 1.165) is 17.7 Å². The Morgan fingerprint density at radius 3 is 2.24 bits per heavy atom. The zero-order valence-electron chi connectivity index (χ0n) is 11.6. The lowest BCUT2D eigenvalue weighted by molar-refractivity contribution is 0.588. The van der Waals surface area contributed by atoms with Gasteiger partial charge in [-0.1, -0.05) is 42.5 Å². The molecule has 1 unspecified atom stereocenters. The number of nitrogens with one attached hydrogen (secondary N) is 2. The number of hydrogen-bond acceptors (Lipinski definition) is 3. The molecule has 1 fully saturated rings. The van der Waals surface area contributed by atoms with E-state index < -0.39 is 10.0 Å². The van der Waals surface area contributed by atoms with Crippen molar-refractivity contribution in [3.8, 4) is 11.1 Å². The standard InChI is InChI=1S/C16H18N2O2S/c19-21(20,16-10-11-17-12-16)18-15-8-6-14(7-9-15)13-4-2-1-3-5-13/h1-9,16-18H,10-12H2. The maximum Gasteiger partial charge on any atom is 0.236 e. The van der Waals surface area contributed by atoms with Crippen LogP contribution in [0.25, 0.3) is 11.1 Å². The Kier molecular flexibility index (Phi) is 3.94. The van der Waals surface area contributed by atoms with Gasteiger partial charge in [-0.05, 0) is 36.2 Å². The largest absolute Gasteiger partial charge is 0.315 e. The van der Waals surface area contributed by atoms with Gasteiger partial charge in [0.15, 0.2) is 0 Å². The van der Waals surface area contributed by atoms with Gasteiger partial charge in [0.1, 0.15) is 0 Å². The zero-order chi connectivity index (χ0) is 14.7. The lowest BCUT2D eigenvalue weighted by Gasteiger charge is -2.13. The lowest BCUT2D eigenvalue weighted by atomic mass is 10.1. The summed E-state index contributed by atoms with van der Waals surface area (Å²) in [5, 5.41) is 2.73.